The zero-order chi connectivity index (χ0) is 107. The number of ether oxygens (including phenoxy) is 5. The number of nitrogens with one attached hydrogen (secondary N) is 17. The van der Waals surface area contributed by atoms with Crippen molar-refractivity contribution in [1.29, 1.82) is 5.41 Å². The largest absolute Gasteiger partial charge is 0.480 e. The summed E-state index contributed by atoms with van der Waals surface area (Å²) in [5.74, 6) is -18.8. The van der Waals surface area contributed by atoms with Gasteiger partial charge in [-0.15, -0.1) is 11.8 Å². The molecule has 1 fully saturated rings. The van der Waals surface area contributed by atoms with Crippen molar-refractivity contribution in [2.24, 2.45) is 17.4 Å². The number of nitrogens with two attached hydrogens (primary N) is 2. The maximum absolute atomic E-state index is 15.6. The van der Waals surface area contributed by atoms with E-state index < -0.39 is 240 Å². The van der Waals surface area contributed by atoms with Crippen molar-refractivity contribution in [2.75, 3.05) is 44.4 Å². The zero-order valence-electron chi connectivity index (χ0n) is 82.2. The molecule has 0 radical (unpaired) electrons. The second kappa shape index (κ2) is 62.5. The summed E-state index contributed by atoms with van der Waals surface area (Å²) >= 11 is 7.36. The van der Waals surface area contributed by atoms with E-state index in [9.17, 15) is 75.9 Å². The third-order valence-corrected chi connectivity index (χ3v) is 24.9. The highest BCUT2D eigenvalue weighted by molar-refractivity contribution is 7.99. The van der Waals surface area contributed by atoms with Gasteiger partial charge in [0.2, 0.25) is 88.7 Å². The number of carboxylic acids is 1. The molecule has 1 saturated carbocycles. The molecule has 0 bridgehead atoms. The van der Waals surface area contributed by atoms with Crippen molar-refractivity contribution in [1.82, 2.24) is 84.5 Å². The molecule has 0 aromatic heterocycles. The Labute approximate surface area is 850 Å². The van der Waals surface area contributed by atoms with Crippen molar-refractivity contribution in [3.63, 3.8) is 0 Å². The third-order valence-electron chi connectivity index (χ3n) is 22.2. The van der Waals surface area contributed by atoms with Crippen LogP contribution in [0.5, 0.6) is 0 Å². The Balaban J connectivity index is 1.34. The monoisotopic (exact) mass is 2080 g/mol. The van der Waals surface area contributed by atoms with Gasteiger partial charge in [-0.05, 0) is 140 Å². The molecule has 0 saturated heterocycles. The minimum Gasteiger partial charge on any atom is -0.480 e. The van der Waals surface area contributed by atoms with E-state index in [1.165, 1.54) is 38.1 Å². The highest BCUT2D eigenvalue weighted by atomic mass is 35.5. The highest BCUT2D eigenvalue weighted by Crippen LogP contribution is 2.23. The van der Waals surface area contributed by atoms with Crippen LogP contribution in [0.2, 0.25) is 5.02 Å². The average Bonchev–Trinajstić information content (AvgIpc) is 0.813. The first-order chi connectivity index (χ1) is 68.8. The summed E-state index contributed by atoms with van der Waals surface area (Å²) in [5, 5.41) is 56.6. The number of thioether (sulfide) groups is 1. The van der Waals surface area contributed by atoms with Crippen molar-refractivity contribution >= 4 is 146 Å². The Hall–Kier alpha value is -14.1. The van der Waals surface area contributed by atoms with E-state index in [2.05, 4.69) is 84.5 Å². The van der Waals surface area contributed by atoms with Gasteiger partial charge in [0, 0.05) is 49.2 Å². The summed E-state index contributed by atoms with van der Waals surface area (Å²) in [6, 6.07) is 19.6. The predicted octanol–water partition coefficient (Wildman–Crippen LogP) is 2.25. The fraction of sp³-hybridized carbons (Fsp3) is 0.495. The lowest BCUT2D eigenvalue weighted by molar-refractivity contribution is -0.151. The Morgan fingerprint density at radius 3 is 1.61 bits per heavy atom. The Morgan fingerprint density at radius 1 is 0.510 bits per heavy atom. The van der Waals surface area contributed by atoms with Crippen molar-refractivity contribution in [3.05, 3.63) is 172 Å². The normalized spacial score (nSPS) is 14.4. The summed E-state index contributed by atoms with van der Waals surface area (Å²) in [6.07, 6.45) is -3.44. The number of aryl methyl sites for hydroxylation is 1. The van der Waals surface area contributed by atoms with Crippen molar-refractivity contribution < 1.29 is 124 Å². The van der Waals surface area contributed by atoms with Crippen LogP contribution in [0.15, 0.2) is 144 Å². The van der Waals surface area contributed by atoms with Gasteiger partial charge in [-0.2, -0.15) is 0 Å². The first kappa shape index (κ1) is 120. The van der Waals surface area contributed by atoms with Gasteiger partial charge < -0.3 is 120 Å². The number of carbonyl (C=O) groups is 18. The van der Waals surface area contributed by atoms with Crippen LogP contribution in [0.4, 0.5) is 9.59 Å². The molecule has 0 heterocycles. The standard InChI is InChI=1S/C97H134ClN19O26S2/c1-9-59(3)82(91(131)110-71(93(133)134)43-44-81(123)142-66-34-20-13-21-35-66)115-92(132)83(60(4)140-53-64-31-18-12-19-32-64)116-86(126)69(37-24-25-45-103-95(135)141-54-65-33-22-23-36-68(65)98)108-87(127)72(47-62-27-14-10-15-28-62)111-85(125)70(38-26-46-102-94(101)117-145(137,138)67-41-39-58(2)40-42-67)109-89(129)74(49-78(100)120)112-90(130)75(55-139-52-63-29-16-11-17-30-63)113-88(128)73(48-77(99)119)107-80(122)51-104-79(121)50-105-84(124)76(56-144-57-106-61(5)118)114-96(136)143-97(6,7)8/h10-12,14-19,22-23,27-33,36,39-42,59-60,66,69-76,82-83H,9,13,20-21,24-26,34-35,37-38,43-57H2,1-8H3,(H2,99,119)(H2,100,120)(H,103,135)(H,104,121)(H,105,124)(H,106,118)(H,107,122)(H,108,127)(H,109,129)(H,110,131)(H,111,125)(H,112,130)(H,113,128)(H,114,136)(H,115,132)(H,116,126)(H,133,134)(H3,101,102,117)/t59-,60+,69-,70-,71-,72-,73-,74-,75-,76-,82-,83-/m0/s1. The number of rotatable bonds is 61. The number of benzene rings is 5. The summed E-state index contributed by atoms with van der Waals surface area (Å²) in [5.41, 5.74) is 13.1. The molecule has 0 unspecified atom stereocenters. The van der Waals surface area contributed by atoms with E-state index in [0.717, 1.165) is 36.6 Å². The summed E-state index contributed by atoms with van der Waals surface area (Å²) in [4.78, 5) is 250. The fourth-order valence-electron chi connectivity index (χ4n) is 14.2. The predicted molar refractivity (Wildman–Crippen MR) is 531 cm³/mol. The number of carbonyl (C=O) groups excluding carboxylic acids is 17. The molecule has 0 spiro atoms. The molecule has 6 rings (SSSR count). The summed E-state index contributed by atoms with van der Waals surface area (Å²) < 4.78 is 57.4. The minimum absolute atomic E-state index is 0.00452. The minimum atomic E-state index is -4.37. The number of carboxylic acid groups (broad SMARTS) is 1. The molecular weight excluding hydrogens is 1950 g/mol. The molecule has 22 N–H and O–H groups in total. The topological polar surface area (TPSA) is 676 Å². The van der Waals surface area contributed by atoms with E-state index in [-0.39, 0.29) is 106 Å². The molecule has 145 heavy (non-hydrogen) atoms. The lowest BCUT2D eigenvalue weighted by atomic mass is 9.96. The molecule has 12 atom stereocenters. The lowest BCUT2D eigenvalue weighted by Gasteiger charge is -2.31. The van der Waals surface area contributed by atoms with E-state index in [4.69, 9.17) is 52.2 Å². The van der Waals surface area contributed by atoms with Crippen LogP contribution in [0.3, 0.4) is 0 Å². The molecule has 792 valence electrons. The number of guanidine groups is 1. The quantitative estimate of drug-likeness (QED) is 0.00663. The maximum atomic E-state index is 15.6. The van der Waals surface area contributed by atoms with Gasteiger partial charge in [-0.3, -0.25) is 77.3 Å². The van der Waals surface area contributed by atoms with E-state index in [0.29, 0.717) is 40.1 Å². The molecule has 5 aromatic carbocycles. The highest BCUT2D eigenvalue weighted by Gasteiger charge is 2.40. The Kier molecular flexibility index (Phi) is 51.6. The second-order valence-corrected chi connectivity index (χ2v) is 38.5. The Morgan fingerprint density at radius 2 is 1.02 bits per heavy atom. The van der Waals surface area contributed by atoms with Gasteiger partial charge in [0.1, 0.15) is 78.7 Å². The van der Waals surface area contributed by atoms with Crippen LogP contribution in [-0.2, 0) is 137 Å². The van der Waals surface area contributed by atoms with E-state index in [1.54, 1.807) is 157 Å². The summed E-state index contributed by atoms with van der Waals surface area (Å²) in [7, 11) is -4.37. The van der Waals surface area contributed by atoms with E-state index in [1.807, 2.05) is 0 Å². The molecule has 1 aliphatic rings. The first-order valence-corrected chi connectivity index (χ1v) is 50.3. The second-order valence-electron chi connectivity index (χ2n) is 35.4. The SMILES string of the molecule is CC[C@H](C)[C@H](NC(=O)[C@@H](NC(=O)[C@H](CCCCNC(=O)OCc1ccccc1Cl)NC(=O)[C@H](Cc1ccccc1)NC(=O)[C@H](CCCNC(=N)NS(=O)(=O)c1ccc(C)cc1)NC(=O)[C@H](CC(N)=O)NC(=O)[C@H](COCc1ccccc1)NC(=O)[C@H](CC(N)=O)NC(=O)CNC(=O)CNC(=O)[C@H](CSCNC(C)=O)NC(=O)OC(C)(C)C)[C@@H](C)OCc1ccccc1)C(=O)N[C@@H](CCC(=O)OC1CCCCC1)C(=O)O. The van der Waals surface area contributed by atoms with Crippen molar-refractivity contribution in [3.8, 4) is 0 Å². The number of primary amides is 2. The van der Waals surface area contributed by atoms with Gasteiger partial charge in [0.15, 0.2) is 0 Å². The number of aliphatic carboxylic acids is 1. The molecule has 45 nitrogen and oxygen atoms in total. The van der Waals surface area contributed by atoms with Gasteiger partial charge in [-0.1, -0.05) is 165 Å². The number of hydrogen-bond donors (Lipinski definition) is 20. The third kappa shape index (κ3) is 46.5. The maximum Gasteiger partial charge on any atom is 0.408 e. The molecule has 5 aromatic rings. The zero-order valence-corrected chi connectivity index (χ0v) is 84.6. The van der Waals surface area contributed by atoms with Crippen LogP contribution >= 0.6 is 23.4 Å². The number of alkyl carbamates (subject to hydrolysis) is 2. The van der Waals surface area contributed by atoms with Gasteiger partial charge in [0.05, 0.1) is 62.6 Å². The average molecular weight is 2080 g/mol. The number of sulfonamides is 1. The number of esters is 1. The van der Waals surface area contributed by atoms with Crippen LogP contribution < -0.4 is 95.9 Å². The molecule has 16 amide bonds. The smallest absolute Gasteiger partial charge is 0.408 e. The summed E-state index contributed by atoms with van der Waals surface area (Å²) in [6.45, 7) is 8.98. The number of hydrogen-bond acceptors (Lipinski definition) is 27. The molecule has 48 heteroatoms. The van der Waals surface area contributed by atoms with Crippen molar-refractivity contribution in [2.45, 2.75) is 261 Å². The van der Waals surface area contributed by atoms with Gasteiger partial charge in [-0.25, -0.2) is 27.5 Å². The van der Waals surface area contributed by atoms with E-state index >= 15 is 24.0 Å². The number of unbranched alkanes of at least 4 members (excludes halogenated alkanes) is 1. The molecule has 1 aliphatic carbocycles. The molecular formula is C97H134ClN19O26S2. The molecule has 0 aliphatic heterocycles. The number of halogens is 1. The van der Waals surface area contributed by atoms with Gasteiger partial charge >= 0.3 is 24.1 Å². The fourth-order valence-corrected chi connectivity index (χ4v) is 16.2. The Bertz CT molecular complexity index is 5300. The number of amides is 16. The lowest BCUT2D eigenvalue weighted by Crippen LogP contribution is -2.62. The van der Waals surface area contributed by atoms with Crippen LogP contribution in [0, 0.1) is 18.3 Å². The first-order valence-electron chi connectivity index (χ1n) is 47.3. The van der Waals surface area contributed by atoms with Crippen LogP contribution in [0.25, 0.3) is 0 Å². The van der Waals surface area contributed by atoms with Crippen LogP contribution in [0.1, 0.15) is 173 Å². The van der Waals surface area contributed by atoms with Crippen LogP contribution in [-0.4, -0.2) is 249 Å². The van der Waals surface area contributed by atoms with Gasteiger partial charge in [0.25, 0.3) is 10.0 Å².